The lowest BCUT2D eigenvalue weighted by Gasteiger charge is -2.26. The molecule has 1 unspecified atom stereocenters. The highest BCUT2D eigenvalue weighted by molar-refractivity contribution is 6.30. The SMILES string of the molecule is CCNCC(c1cccc(Cl)c1)C(CC)CC. The van der Waals surface area contributed by atoms with Crippen molar-refractivity contribution in [1.82, 2.24) is 5.32 Å². The van der Waals surface area contributed by atoms with E-state index in [0.29, 0.717) is 5.92 Å². The van der Waals surface area contributed by atoms with Gasteiger partial charge in [-0.2, -0.15) is 0 Å². The molecule has 0 saturated heterocycles. The van der Waals surface area contributed by atoms with Crippen LogP contribution < -0.4 is 5.32 Å². The molecule has 1 aromatic carbocycles. The zero-order valence-corrected chi connectivity index (χ0v) is 11.9. The Labute approximate surface area is 111 Å². The molecular weight excluding hydrogens is 230 g/mol. The highest BCUT2D eigenvalue weighted by Gasteiger charge is 2.20. The third kappa shape index (κ3) is 4.33. The third-order valence-electron chi connectivity index (χ3n) is 3.51. The summed E-state index contributed by atoms with van der Waals surface area (Å²) in [6.07, 6.45) is 2.44. The molecular formula is C15H24ClN. The van der Waals surface area contributed by atoms with E-state index in [1.807, 2.05) is 6.07 Å². The van der Waals surface area contributed by atoms with Crippen LogP contribution in [0.1, 0.15) is 45.1 Å². The lowest BCUT2D eigenvalue weighted by molar-refractivity contribution is 0.382. The number of hydrogen-bond donors (Lipinski definition) is 1. The fraction of sp³-hybridized carbons (Fsp3) is 0.600. The average Bonchev–Trinajstić information content (AvgIpc) is 2.34. The Bertz CT molecular complexity index is 320. The molecule has 0 radical (unpaired) electrons. The molecule has 0 fully saturated rings. The van der Waals surface area contributed by atoms with E-state index in [1.165, 1.54) is 18.4 Å². The zero-order valence-electron chi connectivity index (χ0n) is 11.2. The molecule has 0 spiro atoms. The summed E-state index contributed by atoms with van der Waals surface area (Å²) in [4.78, 5) is 0. The summed E-state index contributed by atoms with van der Waals surface area (Å²) in [6, 6.07) is 8.31. The van der Waals surface area contributed by atoms with Crippen LogP contribution in [0.4, 0.5) is 0 Å². The summed E-state index contributed by atoms with van der Waals surface area (Å²) in [5.74, 6) is 1.30. The van der Waals surface area contributed by atoms with Crippen LogP contribution in [0.5, 0.6) is 0 Å². The van der Waals surface area contributed by atoms with Gasteiger partial charge in [0.1, 0.15) is 0 Å². The van der Waals surface area contributed by atoms with Crippen LogP contribution in [0.2, 0.25) is 5.02 Å². The molecule has 1 atom stereocenters. The van der Waals surface area contributed by atoms with Crippen molar-refractivity contribution < 1.29 is 0 Å². The van der Waals surface area contributed by atoms with E-state index in [1.54, 1.807) is 0 Å². The zero-order chi connectivity index (χ0) is 12.7. The highest BCUT2D eigenvalue weighted by Crippen LogP contribution is 2.30. The Kier molecular flexibility index (Phi) is 6.61. The van der Waals surface area contributed by atoms with Crippen LogP contribution in [0.3, 0.4) is 0 Å². The van der Waals surface area contributed by atoms with Gasteiger partial charge < -0.3 is 5.32 Å². The standard InChI is InChI=1S/C15H24ClN/c1-4-12(5-2)15(11-17-6-3)13-8-7-9-14(16)10-13/h7-10,12,15,17H,4-6,11H2,1-3H3. The van der Waals surface area contributed by atoms with Crippen molar-refractivity contribution in [3.63, 3.8) is 0 Å². The molecule has 0 saturated carbocycles. The largest absolute Gasteiger partial charge is 0.316 e. The molecule has 0 aliphatic heterocycles. The van der Waals surface area contributed by atoms with E-state index in [9.17, 15) is 0 Å². The van der Waals surface area contributed by atoms with Crippen LogP contribution in [-0.4, -0.2) is 13.1 Å². The minimum Gasteiger partial charge on any atom is -0.316 e. The van der Waals surface area contributed by atoms with E-state index in [0.717, 1.165) is 24.0 Å². The molecule has 0 aromatic heterocycles. The normalized spacial score (nSPS) is 13.0. The topological polar surface area (TPSA) is 12.0 Å². The number of nitrogens with one attached hydrogen (secondary N) is 1. The van der Waals surface area contributed by atoms with Gasteiger partial charge in [0.2, 0.25) is 0 Å². The second kappa shape index (κ2) is 7.73. The summed E-state index contributed by atoms with van der Waals surface area (Å²) in [6.45, 7) is 8.78. The van der Waals surface area contributed by atoms with Crippen molar-refractivity contribution >= 4 is 11.6 Å². The van der Waals surface area contributed by atoms with E-state index in [2.05, 4.69) is 44.3 Å². The maximum atomic E-state index is 6.09. The van der Waals surface area contributed by atoms with Gasteiger partial charge in [0, 0.05) is 11.6 Å². The van der Waals surface area contributed by atoms with Gasteiger partial charge in [0.25, 0.3) is 0 Å². The van der Waals surface area contributed by atoms with E-state index < -0.39 is 0 Å². The van der Waals surface area contributed by atoms with Crippen LogP contribution in [-0.2, 0) is 0 Å². The van der Waals surface area contributed by atoms with Crippen LogP contribution in [0.15, 0.2) is 24.3 Å². The third-order valence-corrected chi connectivity index (χ3v) is 3.74. The molecule has 0 amide bonds. The summed E-state index contributed by atoms with van der Waals surface area (Å²) < 4.78 is 0. The maximum Gasteiger partial charge on any atom is 0.0408 e. The van der Waals surface area contributed by atoms with Crippen molar-refractivity contribution in [2.75, 3.05) is 13.1 Å². The first kappa shape index (κ1) is 14.5. The monoisotopic (exact) mass is 253 g/mol. The highest BCUT2D eigenvalue weighted by atomic mass is 35.5. The minimum absolute atomic E-state index is 0.573. The quantitative estimate of drug-likeness (QED) is 0.756. The van der Waals surface area contributed by atoms with E-state index in [4.69, 9.17) is 11.6 Å². The fourth-order valence-corrected chi connectivity index (χ4v) is 2.65. The first-order chi connectivity index (χ1) is 8.22. The Hall–Kier alpha value is -0.530. The van der Waals surface area contributed by atoms with Gasteiger partial charge in [0.15, 0.2) is 0 Å². The van der Waals surface area contributed by atoms with Gasteiger partial charge in [-0.1, -0.05) is 57.3 Å². The molecule has 2 heteroatoms. The number of halogens is 1. The Morgan fingerprint density at radius 2 is 1.88 bits per heavy atom. The Morgan fingerprint density at radius 3 is 2.41 bits per heavy atom. The predicted octanol–water partition coefficient (Wildman–Crippen LogP) is 4.47. The molecule has 0 aliphatic carbocycles. The van der Waals surface area contributed by atoms with Crippen molar-refractivity contribution in [3.05, 3.63) is 34.9 Å². The molecule has 1 rings (SSSR count). The molecule has 96 valence electrons. The van der Waals surface area contributed by atoms with Crippen molar-refractivity contribution in [3.8, 4) is 0 Å². The predicted molar refractivity (Wildman–Crippen MR) is 76.8 cm³/mol. The molecule has 0 aliphatic rings. The molecule has 0 bridgehead atoms. The van der Waals surface area contributed by atoms with Gasteiger partial charge in [-0.3, -0.25) is 0 Å². The average molecular weight is 254 g/mol. The molecule has 0 heterocycles. The van der Waals surface area contributed by atoms with Crippen LogP contribution >= 0.6 is 11.6 Å². The van der Waals surface area contributed by atoms with Crippen LogP contribution in [0, 0.1) is 5.92 Å². The summed E-state index contributed by atoms with van der Waals surface area (Å²) in [5.41, 5.74) is 1.37. The summed E-state index contributed by atoms with van der Waals surface area (Å²) >= 11 is 6.09. The summed E-state index contributed by atoms with van der Waals surface area (Å²) in [5, 5.41) is 4.31. The molecule has 17 heavy (non-hydrogen) atoms. The van der Waals surface area contributed by atoms with Crippen LogP contribution in [0.25, 0.3) is 0 Å². The summed E-state index contributed by atoms with van der Waals surface area (Å²) in [7, 11) is 0. The van der Waals surface area contributed by atoms with Gasteiger partial charge in [0.05, 0.1) is 0 Å². The Morgan fingerprint density at radius 1 is 1.18 bits per heavy atom. The first-order valence-corrected chi connectivity index (χ1v) is 7.06. The lowest BCUT2D eigenvalue weighted by Crippen LogP contribution is -2.26. The Balaban J connectivity index is 2.88. The molecule has 1 aromatic rings. The second-order valence-electron chi connectivity index (χ2n) is 4.55. The number of benzene rings is 1. The van der Waals surface area contributed by atoms with Gasteiger partial charge in [-0.05, 0) is 36.1 Å². The number of rotatable bonds is 7. The van der Waals surface area contributed by atoms with E-state index >= 15 is 0 Å². The molecule has 1 nitrogen and oxygen atoms in total. The molecule has 1 N–H and O–H groups in total. The number of hydrogen-bond acceptors (Lipinski definition) is 1. The lowest BCUT2D eigenvalue weighted by atomic mass is 9.82. The first-order valence-electron chi connectivity index (χ1n) is 6.69. The van der Waals surface area contributed by atoms with Gasteiger partial charge in [-0.25, -0.2) is 0 Å². The number of likely N-dealkylation sites (N-methyl/N-ethyl adjacent to an activating group) is 1. The second-order valence-corrected chi connectivity index (χ2v) is 4.98. The fourth-order valence-electron chi connectivity index (χ4n) is 2.45. The minimum atomic E-state index is 0.573. The van der Waals surface area contributed by atoms with Crippen molar-refractivity contribution in [2.45, 2.75) is 39.5 Å². The van der Waals surface area contributed by atoms with Gasteiger partial charge >= 0.3 is 0 Å². The van der Waals surface area contributed by atoms with E-state index in [-0.39, 0.29) is 0 Å². The van der Waals surface area contributed by atoms with Gasteiger partial charge in [-0.15, -0.1) is 0 Å². The smallest absolute Gasteiger partial charge is 0.0408 e. The van der Waals surface area contributed by atoms with Crippen molar-refractivity contribution in [2.24, 2.45) is 5.92 Å². The maximum absolute atomic E-state index is 6.09. The van der Waals surface area contributed by atoms with Crippen molar-refractivity contribution in [1.29, 1.82) is 0 Å².